The van der Waals surface area contributed by atoms with E-state index in [1.807, 2.05) is 6.07 Å². The van der Waals surface area contributed by atoms with Gasteiger partial charge < -0.3 is 5.73 Å². The minimum atomic E-state index is 0.271. The van der Waals surface area contributed by atoms with Crippen molar-refractivity contribution in [2.45, 2.75) is 6.92 Å². The van der Waals surface area contributed by atoms with E-state index in [2.05, 4.69) is 10.2 Å². The zero-order valence-electron chi connectivity index (χ0n) is 4.97. The van der Waals surface area contributed by atoms with Gasteiger partial charge in [0.25, 0.3) is 0 Å². The van der Waals surface area contributed by atoms with E-state index in [0.717, 1.165) is 5.69 Å². The number of hydrogen-bond donors (Lipinski definition) is 2. The fourth-order valence-corrected chi connectivity index (χ4v) is 0.523. The highest BCUT2D eigenvalue weighted by molar-refractivity contribution is 5.52. The number of nitrogens with two attached hydrogens (primary N) is 1. The van der Waals surface area contributed by atoms with Gasteiger partial charge in [0.15, 0.2) is 5.69 Å². The molecule has 0 spiro atoms. The summed E-state index contributed by atoms with van der Waals surface area (Å²) in [6.07, 6.45) is 0. The smallest absolute Gasteiger partial charge is 0.185 e. The van der Waals surface area contributed by atoms with Crippen molar-refractivity contribution in [1.29, 1.82) is 5.26 Å². The molecule has 0 unspecified atom stereocenters. The summed E-state index contributed by atoms with van der Waals surface area (Å²) in [6.45, 7) is 1.77. The van der Waals surface area contributed by atoms with Gasteiger partial charge in [-0.05, 0) is 6.92 Å². The van der Waals surface area contributed by atoms with Gasteiger partial charge >= 0.3 is 0 Å². The average Bonchev–Trinajstić information content (AvgIpc) is 2.15. The van der Waals surface area contributed by atoms with E-state index in [1.165, 1.54) is 0 Å². The van der Waals surface area contributed by atoms with Crippen LogP contribution in [0.3, 0.4) is 0 Å². The van der Waals surface area contributed by atoms with Crippen molar-refractivity contribution >= 4 is 5.69 Å². The molecule has 0 fully saturated rings. The zero-order valence-corrected chi connectivity index (χ0v) is 4.97. The van der Waals surface area contributed by atoms with Gasteiger partial charge in [-0.15, -0.1) is 0 Å². The van der Waals surface area contributed by atoms with Crippen LogP contribution in [-0.4, -0.2) is 10.2 Å². The first-order chi connectivity index (χ1) is 4.25. The molecule has 0 saturated carbocycles. The van der Waals surface area contributed by atoms with Crippen molar-refractivity contribution < 1.29 is 0 Å². The van der Waals surface area contributed by atoms with E-state index >= 15 is 0 Å². The van der Waals surface area contributed by atoms with Crippen LogP contribution in [0.1, 0.15) is 11.4 Å². The second-order valence-electron chi connectivity index (χ2n) is 1.72. The molecule has 0 radical (unpaired) electrons. The quantitative estimate of drug-likeness (QED) is 0.515. The number of nitrogen functional groups attached to an aromatic ring is 1. The second-order valence-corrected chi connectivity index (χ2v) is 1.72. The van der Waals surface area contributed by atoms with Crippen LogP contribution in [0.15, 0.2) is 0 Å². The maximum atomic E-state index is 8.32. The Hall–Kier alpha value is -1.50. The van der Waals surface area contributed by atoms with Crippen LogP contribution in [0.4, 0.5) is 5.69 Å². The molecule has 0 amide bonds. The zero-order chi connectivity index (χ0) is 6.85. The van der Waals surface area contributed by atoms with Crippen LogP contribution < -0.4 is 5.73 Å². The Labute approximate surface area is 52.3 Å². The Morgan fingerprint density at radius 3 is 2.67 bits per heavy atom. The molecule has 1 rings (SSSR count). The maximum absolute atomic E-state index is 8.32. The normalized spacial score (nSPS) is 8.89. The summed E-state index contributed by atoms with van der Waals surface area (Å²) < 4.78 is 0. The van der Waals surface area contributed by atoms with Gasteiger partial charge in [-0.25, -0.2) is 0 Å². The standard InChI is InChI=1S/C5H6N4/c1-3-5(7)4(2-6)9-8-3/h7H2,1H3,(H,8,9). The molecule has 0 aliphatic heterocycles. The van der Waals surface area contributed by atoms with E-state index in [-0.39, 0.29) is 5.69 Å². The maximum Gasteiger partial charge on any atom is 0.185 e. The predicted octanol–water partition coefficient (Wildman–Crippen LogP) is 0.172. The lowest BCUT2D eigenvalue weighted by atomic mass is 10.3. The number of H-pyrrole nitrogens is 1. The Bertz CT molecular complexity index is 254. The minimum absolute atomic E-state index is 0.271. The fraction of sp³-hybridized carbons (Fsp3) is 0.200. The molecular weight excluding hydrogens is 116 g/mol. The van der Waals surface area contributed by atoms with Crippen LogP contribution in [0, 0.1) is 18.3 Å². The molecular formula is C5H6N4. The van der Waals surface area contributed by atoms with E-state index in [9.17, 15) is 0 Å². The highest BCUT2D eigenvalue weighted by atomic mass is 15.1. The molecule has 4 heteroatoms. The summed E-state index contributed by atoms with van der Waals surface area (Å²) in [7, 11) is 0. The SMILES string of the molecule is Cc1[nH]nc(C#N)c1N. The molecule has 46 valence electrons. The number of aryl methyl sites for hydroxylation is 1. The summed E-state index contributed by atoms with van der Waals surface area (Å²) in [5.74, 6) is 0. The van der Waals surface area contributed by atoms with Crippen LogP contribution >= 0.6 is 0 Å². The minimum Gasteiger partial charge on any atom is -0.395 e. The molecule has 1 aromatic heterocycles. The monoisotopic (exact) mass is 122 g/mol. The summed E-state index contributed by atoms with van der Waals surface area (Å²) in [5.41, 5.74) is 6.85. The Kier molecular flexibility index (Phi) is 1.12. The van der Waals surface area contributed by atoms with Gasteiger partial charge in [0.1, 0.15) is 6.07 Å². The topological polar surface area (TPSA) is 78.5 Å². The molecule has 3 N–H and O–H groups in total. The van der Waals surface area contributed by atoms with Crippen LogP contribution in [0.2, 0.25) is 0 Å². The molecule has 1 aromatic rings. The molecule has 0 bridgehead atoms. The number of nitriles is 1. The molecule has 0 saturated heterocycles. The number of aromatic nitrogens is 2. The largest absolute Gasteiger partial charge is 0.395 e. The lowest BCUT2D eigenvalue weighted by molar-refractivity contribution is 1.03. The van der Waals surface area contributed by atoms with Gasteiger partial charge in [0, 0.05) is 0 Å². The Morgan fingerprint density at radius 1 is 1.78 bits per heavy atom. The molecule has 0 aromatic carbocycles. The van der Waals surface area contributed by atoms with E-state index in [1.54, 1.807) is 6.92 Å². The van der Waals surface area contributed by atoms with Crippen molar-refractivity contribution in [2.24, 2.45) is 0 Å². The summed E-state index contributed by atoms with van der Waals surface area (Å²) in [4.78, 5) is 0. The summed E-state index contributed by atoms with van der Waals surface area (Å²) in [6, 6.07) is 1.85. The third-order valence-corrected chi connectivity index (χ3v) is 1.10. The van der Waals surface area contributed by atoms with Gasteiger partial charge in [-0.2, -0.15) is 10.4 Å². The fourth-order valence-electron chi connectivity index (χ4n) is 0.523. The molecule has 0 aliphatic rings. The molecule has 9 heavy (non-hydrogen) atoms. The number of nitrogens with zero attached hydrogens (tertiary/aromatic N) is 2. The third kappa shape index (κ3) is 0.722. The predicted molar refractivity (Wildman–Crippen MR) is 32.5 cm³/mol. The number of nitrogens with one attached hydrogen (secondary N) is 1. The second kappa shape index (κ2) is 1.78. The highest BCUT2D eigenvalue weighted by Gasteiger charge is 2.02. The molecule has 4 nitrogen and oxygen atoms in total. The van der Waals surface area contributed by atoms with Crippen LogP contribution in [0.25, 0.3) is 0 Å². The molecule has 1 heterocycles. The number of rotatable bonds is 0. The van der Waals surface area contributed by atoms with E-state index < -0.39 is 0 Å². The van der Waals surface area contributed by atoms with Gasteiger partial charge in [-0.1, -0.05) is 0 Å². The third-order valence-electron chi connectivity index (χ3n) is 1.10. The van der Waals surface area contributed by atoms with Crippen molar-refractivity contribution in [3.8, 4) is 6.07 Å². The van der Waals surface area contributed by atoms with Crippen LogP contribution in [0.5, 0.6) is 0 Å². The summed E-state index contributed by atoms with van der Waals surface area (Å²) in [5, 5.41) is 14.5. The first-order valence-electron chi connectivity index (χ1n) is 2.46. The molecule has 0 aliphatic carbocycles. The van der Waals surface area contributed by atoms with Crippen molar-refractivity contribution in [1.82, 2.24) is 10.2 Å². The van der Waals surface area contributed by atoms with Gasteiger partial charge in [-0.3, -0.25) is 5.10 Å². The van der Waals surface area contributed by atoms with Gasteiger partial charge in [0.2, 0.25) is 0 Å². The number of anilines is 1. The first-order valence-corrected chi connectivity index (χ1v) is 2.46. The van der Waals surface area contributed by atoms with Crippen LogP contribution in [-0.2, 0) is 0 Å². The van der Waals surface area contributed by atoms with Gasteiger partial charge in [0.05, 0.1) is 11.4 Å². The van der Waals surface area contributed by atoms with Crippen molar-refractivity contribution in [3.05, 3.63) is 11.4 Å². The van der Waals surface area contributed by atoms with E-state index in [4.69, 9.17) is 11.0 Å². The number of hydrogen-bond acceptors (Lipinski definition) is 3. The molecule has 0 atom stereocenters. The Morgan fingerprint density at radius 2 is 2.44 bits per heavy atom. The number of aromatic amines is 1. The Balaban J connectivity index is 3.24. The van der Waals surface area contributed by atoms with Crippen molar-refractivity contribution in [2.75, 3.05) is 5.73 Å². The highest BCUT2D eigenvalue weighted by Crippen LogP contribution is 2.09. The summed E-state index contributed by atoms with van der Waals surface area (Å²) >= 11 is 0. The lowest BCUT2D eigenvalue weighted by Gasteiger charge is -1.82. The van der Waals surface area contributed by atoms with E-state index in [0.29, 0.717) is 5.69 Å². The average molecular weight is 122 g/mol. The first kappa shape index (κ1) is 5.63. The lowest BCUT2D eigenvalue weighted by Crippen LogP contribution is -1.87. The van der Waals surface area contributed by atoms with Crippen molar-refractivity contribution in [3.63, 3.8) is 0 Å².